The maximum absolute atomic E-state index is 13.3. The Morgan fingerprint density at radius 2 is 2.03 bits per heavy atom. The first-order valence-corrected chi connectivity index (χ1v) is 9.28. The van der Waals surface area contributed by atoms with E-state index in [1.165, 1.54) is 10.9 Å². The fourth-order valence-corrected chi connectivity index (χ4v) is 3.51. The van der Waals surface area contributed by atoms with Crippen molar-refractivity contribution in [3.8, 4) is 6.07 Å². The van der Waals surface area contributed by atoms with Crippen LogP contribution in [0.2, 0.25) is 0 Å². The number of carbonyl (C=O) groups is 3. The summed E-state index contributed by atoms with van der Waals surface area (Å²) in [5.41, 5.74) is 2.38. The van der Waals surface area contributed by atoms with Crippen LogP contribution in [0, 0.1) is 11.3 Å². The quantitative estimate of drug-likeness (QED) is 0.679. The lowest BCUT2D eigenvalue weighted by atomic mass is 10.1. The van der Waals surface area contributed by atoms with E-state index in [1.807, 2.05) is 13.0 Å². The number of benzene rings is 2. The third-order valence-corrected chi connectivity index (χ3v) is 4.94. The molecule has 2 heterocycles. The van der Waals surface area contributed by atoms with Gasteiger partial charge >= 0.3 is 0 Å². The second-order valence-electron chi connectivity index (χ2n) is 6.97. The average molecular weight is 399 g/mol. The summed E-state index contributed by atoms with van der Waals surface area (Å²) in [5.74, 6) is -0.827. The molecule has 1 unspecified atom stereocenters. The van der Waals surface area contributed by atoms with Crippen LogP contribution in [-0.4, -0.2) is 33.9 Å². The predicted molar refractivity (Wildman–Crippen MR) is 109 cm³/mol. The number of rotatable bonds is 4. The van der Waals surface area contributed by atoms with Gasteiger partial charge in [0, 0.05) is 16.9 Å². The van der Waals surface area contributed by atoms with Crippen LogP contribution in [0.4, 0.5) is 11.4 Å². The van der Waals surface area contributed by atoms with Crippen LogP contribution in [0.25, 0.3) is 0 Å². The van der Waals surface area contributed by atoms with Crippen molar-refractivity contribution in [2.45, 2.75) is 19.5 Å². The van der Waals surface area contributed by atoms with Gasteiger partial charge in [-0.15, -0.1) is 0 Å². The fraction of sp³-hybridized carbons (Fsp3) is 0.136. The Hall–Kier alpha value is -4.25. The smallest absolute Gasteiger partial charge is 0.277 e. The number of aldehydes is 1. The fourth-order valence-electron chi connectivity index (χ4n) is 3.51. The lowest BCUT2D eigenvalue weighted by Gasteiger charge is -2.34. The first-order valence-electron chi connectivity index (χ1n) is 9.28. The second kappa shape index (κ2) is 7.64. The molecule has 0 radical (unpaired) electrons. The number of fused-ring (bicyclic) bond motifs is 1. The summed E-state index contributed by atoms with van der Waals surface area (Å²) >= 11 is 0. The van der Waals surface area contributed by atoms with Gasteiger partial charge in [-0.1, -0.05) is 6.07 Å². The zero-order chi connectivity index (χ0) is 21.3. The zero-order valence-electron chi connectivity index (χ0n) is 16.1. The second-order valence-corrected chi connectivity index (χ2v) is 6.97. The largest absolute Gasteiger partial charge is 0.322 e. The van der Waals surface area contributed by atoms with Crippen molar-refractivity contribution in [1.29, 1.82) is 5.26 Å². The van der Waals surface area contributed by atoms with Crippen LogP contribution < -0.4 is 10.2 Å². The van der Waals surface area contributed by atoms with Gasteiger partial charge in [-0.25, -0.2) is 0 Å². The molecule has 4 rings (SSSR count). The Labute approximate surface area is 172 Å². The van der Waals surface area contributed by atoms with Crippen molar-refractivity contribution < 1.29 is 14.4 Å². The SMILES string of the molecule is CC1Cn2ncc(C(=O)Nc3cccc(C#N)c3)c2C(=O)N1c1ccc(C=O)cc1. The molecule has 0 spiro atoms. The summed E-state index contributed by atoms with van der Waals surface area (Å²) in [6.45, 7) is 2.32. The Bertz CT molecular complexity index is 1190. The topological polar surface area (TPSA) is 108 Å². The molecule has 0 aliphatic carbocycles. The van der Waals surface area contributed by atoms with Crippen LogP contribution in [0.1, 0.15) is 43.7 Å². The van der Waals surface area contributed by atoms with Crippen molar-refractivity contribution in [2.24, 2.45) is 0 Å². The highest BCUT2D eigenvalue weighted by atomic mass is 16.2. The van der Waals surface area contributed by atoms with E-state index in [0.717, 1.165) is 6.29 Å². The number of nitriles is 1. The number of hydrogen-bond donors (Lipinski definition) is 1. The van der Waals surface area contributed by atoms with E-state index < -0.39 is 5.91 Å². The molecule has 30 heavy (non-hydrogen) atoms. The van der Waals surface area contributed by atoms with E-state index in [4.69, 9.17) is 5.26 Å². The Morgan fingerprint density at radius 1 is 1.27 bits per heavy atom. The average Bonchev–Trinajstić information content (AvgIpc) is 3.18. The lowest BCUT2D eigenvalue weighted by molar-refractivity contribution is 0.0933. The number of carbonyl (C=O) groups excluding carboxylic acids is 3. The third kappa shape index (κ3) is 3.33. The molecule has 1 atom stereocenters. The molecule has 2 aromatic carbocycles. The Kier molecular flexibility index (Phi) is 4.86. The van der Waals surface area contributed by atoms with Crippen LogP contribution in [0.3, 0.4) is 0 Å². The van der Waals surface area contributed by atoms with Gasteiger partial charge < -0.3 is 10.2 Å². The minimum Gasteiger partial charge on any atom is -0.322 e. The Morgan fingerprint density at radius 3 is 2.73 bits per heavy atom. The molecule has 2 amide bonds. The Balaban J connectivity index is 1.65. The first-order chi connectivity index (χ1) is 14.5. The van der Waals surface area contributed by atoms with E-state index in [1.54, 1.807) is 53.4 Å². The van der Waals surface area contributed by atoms with Crippen molar-refractivity contribution in [3.05, 3.63) is 77.1 Å². The van der Waals surface area contributed by atoms with E-state index in [-0.39, 0.29) is 23.2 Å². The van der Waals surface area contributed by atoms with Crippen molar-refractivity contribution in [3.63, 3.8) is 0 Å². The highest BCUT2D eigenvalue weighted by molar-refractivity contribution is 6.15. The van der Waals surface area contributed by atoms with Crippen LogP contribution >= 0.6 is 0 Å². The van der Waals surface area contributed by atoms with Crippen molar-refractivity contribution >= 4 is 29.5 Å². The number of amides is 2. The summed E-state index contributed by atoms with van der Waals surface area (Å²) < 4.78 is 1.53. The van der Waals surface area contributed by atoms with Gasteiger partial charge in [-0.05, 0) is 49.4 Å². The van der Waals surface area contributed by atoms with Crippen LogP contribution in [-0.2, 0) is 6.54 Å². The van der Waals surface area contributed by atoms with Crippen LogP contribution in [0.5, 0.6) is 0 Å². The van der Waals surface area contributed by atoms with Gasteiger partial charge in [0.1, 0.15) is 12.0 Å². The molecule has 1 aliphatic heterocycles. The number of nitrogens with zero attached hydrogens (tertiary/aromatic N) is 4. The van der Waals surface area contributed by atoms with E-state index in [0.29, 0.717) is 29.0 Å². The molecule has 0 bridgehead atoms. The van der Waals surface area contributed by atoms with E-state index >= 15 is 0 Å². The molecule has 148 valence electrons. The van der Waals surface area contributed by atoms with Gasteiger partial charge in [0.05, 0.1) is 36.0 Å². The van der Waals surface area contributed by atoms with Crippen molar-refractivity contribution in [1.82, 2.24) is 9.78 Å². The van der Waals surface area contributed by atoms with Gasteiger partial charge in [0.15, 0.2) is 0 Å². The number of nitrogens with one attached hydrogen (secondary N) is 1. The number of hydrogen-bond acceptors (Lipinski definition) is 5. The summed E-state index contributed by atoms with van der Waals surface area (Å²) in [4.78, 5) is 38.6. The predicted octanol–water partition coefficient (Wildman–Crippen LogP) is 2.87. The maximum Gasteiger partial charge on any atom is 0.277 e. The molecular weight excluding hydrogens is 382 g/mol. The molecule has 0 saturated carbocycles. The highest BCUT2D eigenvalue weighted by Gasteiger charge is 2.35. The summed E-state index contributed by atoms with van der Waals surface area (Å²) in [6, 6.07) is 15.1. The molecule has 3 aromatic rings. The standard InChI is InChI=1S/C22H17N5O3/c1-14-12-26-20(22(30)27(14)18-7-5-15(13-28)6-8-18)19(11-24-26)21(29)25-17-4-2-3-16(9-17)10-23/h2-9,11,13-14H,12H2,1H3,(H,25,29). The summed E-state index contributed by atoms with van der Waals surface area (Å²) in [5, 5.41) is 16.0. The van der Waals surface area contributed by atoms with E-state index in [2.05, 4.69) is 10.4 Å². The molecular formula is C22H17N5O3. The molecule has 1 aliphatic rings. The van der Waals surface area contributed by atoms with Gasteiger partial charge in [0.2, 0.25) is 0 Å². The lowest BCUT2D eigenvalue weighted by Crippen LogP contribution is -2.47. The first kappa shape index (κ1) is 19.1. The zero-order valence-corrected chi connectivity index (χ0v) is 16.1. The van der Waals surface area contributed by atoms with Crippen LogP contribution in [0.15, 0.2) is 54.7 Å². The molecule has 8 nitrogen and oxygen atoms in total. The normalized spacial score (nSPS) is 15.3. The van der Waals surface area contributed by atoms with Crippen molar-refractivity contribution in [2.75, 3.05) is 10.2 Å². The third-order valence-electron chi connectivity index (χ3n) is 4.94. The number of aromatic nitrogens is 2. The maximum atomic E-state index is 13.3. The molecule has 8 heteroatoms. The highest BCUT2D eigenvalue weighted by Crippen LogP contribution is 2.27. The van der Waals surface area contributed by atoms with E-state index in [9.17, 15) is 14.4 Å². The molecule has 0 saturated heterocycles. The summed E-state index contributed by atoms with van der Waals surface area (Å²) in [6.07, 6.45) is 2.12. The minimum absolute atomic E-state index is 0.156. The van der Waals surface area contributed by atoms with Gasteiger partial charge in [-0.2, -0.15) is 10.4 Å². The molecule has 1 aromatic heterocycles. The monoisotopic (exact) mass is 399 g/mol. The number of anilines is 2. The summed E-state index contributed by atoms with van der Waals surface area (Å²) in [7, 11) is 0. The molecule has 0 fully saturated rings. The van der Waals surface area contributed by atoms with Gasteiger partial charge in [-0.3, -0.25) is 19.1 Å². The minimum atomic E-state index is -0.481. The van der Waals surface area contributed by atoms with Gasteiger partial charge in [0.25, 0.3) is 11.8 Å². The molecule has 1 N–H and O–H groups in total.